The number of aromatic nitrogens is 1. The summed E-state index contributed by atoms with van der Waals surface area (Å²) in [6.45, 7) is 5.21. The van der Waals surface area contributed by atoms with Gasteiger partial charge in [0.2, 0.25) is 0 Å². The molecule has 11 heavy (non-hydrogen) atoms. The van der Waals surface area contributed by atoms with Crippen LogP contribution in [0.25, 0.3) is 0 Å². The molecule has 1 rings (SSSR count). The molecule has 0 atom stereocenters. The number of likely N-dealkylation sites (N-methyl/N-ethyl adjacent to an activating group) is 1. The van der Waals surface area contributed by atoms with E-state index in [2.05, 4.69) is 24.1 Å². The predicted molar refractivity (Wildman–Crippen MR) is 49.2 cm³/mol. The molecule has 0 aliphatic carbocycles. The van der Waals surface area contributed by atoms with Crippen LogP contribution in [0.5, 0.6) is 0 Å². The van der Waals surface area contributed by atoms with Gasteiger partial charge < -0.3 is 5.32 Å². The Bertz CT molecular complexity index is 230. The van der Waals surface area contributed by atoms with Crippen molar-refractivity contribution in [1.82, 2.24) is 10.3 Å². The molecule has 0 radical (unpaired) electrons. The van der Waals surface area contributed by atoms with Crippen LogP contribution in [-0.2, 0) is 6.42 Å². The van der Waals surface area contributed by atoms with E-state index < -0.39 is 0 Å². The molecule has 0 fully saturated rings. The molecule has 0 aliphatic heterocycles. The number of hydrogen-bond acceptors (Lipinski definition) is 3. The van der Waals surface area contributed by atoms with Gasteiger partial charge in [0.1, 0.15) is 0 Å². The van der Waals surface area contributed by atoms with Gasteiger partial charge in [0.05, 0.1) is 10.7 Å². The molecule has 0 aromatic carbocycles. The lowest BCUT2D eigenvalue weighted by atomic mass is 10.3. The Hall–Kier alpha value is -0.410. The second kappa shape index (κ2) is 3.83. The predicted octanol–water partition coefficient (Wildman–Crippen LogP) is 1.52. The van der Waals surface area contributed by atoms with Crippen LogP contribution < -0.4 is 5.32 Å². The molecule has 1 aromatic heterocycles. The van der Waals surface area contributed by atoms with Crippen LogP contribution in [0.2, 0.25) is 0 Å². The summed E-state index contributed by atoms with van der Waals surface area (Å²) in [6, 6.07) is 0. The van der Waals surface area contributed by atoms with Crippen LogP contribution in [0.15, 0.2) is 0 Å². The zero-order chi connectivity index (χ0) is 8.27. The van der Waals surface area contributed by atoms with E-state index >= 15 is 0 Å². The quantitative estimate of drug-likeness (QED) is 0.744. The first-order chi connectivity index (χ1) is 5.24. The zero-order valence-corrected chi connectivity index (χ0v) is 8.09. The van der Waals surface area contributed by atoms with Crippen LogP contribution in [-0.4, -0.2) is 18.6 Å². The topological polar surface area (TPSA) is 24.9 Å². The van der Waals surface area contributed by atoms with Gasteiger partial charge in [-0.25, -0.2) is 4.98 Å². The summed E-state index contributed by atoms with van der Waals surface area (Å²) in [7, 11) is 1.97. The Morgan fingerprint density at radius 2 is 2.18 bits per heavy atom. The maximum absolute atomic E-state index is 4.43. The lowest BCUT2D eigenvalue weighted by molar-refractivity contribution is 0.776. The number of hydrogen-bond donors (Lipinski definition) is 1. The van der Waals surface area contributed by atoms with Crippen LogP contribution >= 0.6 is 11.3 Å². The smallest absolute Gasteiger partial charge is 0.0900 e. The van der Waals surface area contributed by atoms with Crippen molar-refractivity contribution in [2.24, 2.45) is 0 Å². The molecule has 3 heteroatoms. The summed E-state index contributed by atoms with van der Waals surface area (Å²) in [6.07, 6.45) is 1.05. The molecule has 1 heterocycles. The van der Waals surface area contributed by atoms with Crippen molar-refractivity contribution < 1.29 is 0 Å². The van der Waals surface area contributed by atoms with Crippen LogP contribution in [0.1, 0.15) is 15.6 Å². The van der Waals surface area contributed by atoms with Gasteiger partial charge in [-0.15, -0.1) is 11.3 Å². The fourth-order valence-electron chi connectivity index (χ4n) is 1.05. The highest BCUT2D eigenvalue weighted by molar-refractivity contribution is 7.11. The lowest BCUT2D eigenvalue weighted by Gasteiger charge is -1.95. The monoisotopic (exact) mass is 170 g/mol. The maximum Gasteiger partial charge on any atom is 0.0900 e. The van der Waals surface area contributed by atoms with Gasteiger partial charge in [-0.1, -0.05) is 0 Å². The van der Waals surface area contributed by atoms with Gasteiger partial charge in [0.25, 0.3) is 0 Å². The Kier molecular flexibility index (Phi) is 3.02. The second-order valence-electron chi connectivity index (χ2n) is 2.59. The third-order valence-electron chi connectivity index (χ3n) is 1.61. The minimum atomic E-state index is 1.02. The number of thiazole rings is 1. The lowest BCUT2D eigenvalue weighted by Crippen LogP contribution is -2.10. The molecule has 0 amide bonds. The molecule has 0 bridgehead atoms. The van der Waals surface area contributed by atoms with Crippen LogP contribution in [0.3, 0.4) is 0 Å². The van der Waals surface area contributed by atoms with Crippen molar-refractivity contribution in [3.8, 4) is 0 Å². The minimum absolute atomic E-state index is 1.02. The Morgan fingerprint density at radius 3 is 2.64 bits per heavy atom. The van der Waals surface area contributed by atoms with E-state index in [-0.39, 0.29) is 0 Å². The molecule has 0 saturated heterocycles. The third-order valence-corrected chi connectivity index (χ3v) is 2.54. The van der Waals surface area contributed by atoms with E-state index in [1.165, 1.54) is 15.6 Å². The number of nitrogens with one attached hydrogen (secondary N) is 1. The highest BCUT2D eigenvalue weighted by atomic mass is 32.1. The Balaban J connectivity index is 2.62. The summed E-state index contributed by atoms with van der Waals surface area (Å²) in [5, 5.41) is 4.29. The average Bonchev–Trinajstić information content (AvgIpc) is 2.26. The highest BCUT2D eigenvalue weighted by Gasteiger charge is 2.02. The molecular formula is C8H14N2S. The number of nitrogens with zero attached hydrogens (tertiary/aromatic N) is 1. The van der Waals surface area contributed by atoms with Gasteiger partial charge in [0, 0.05) is 17.8 Å². The van der Waals surface area contributed by atoms with Gasteiger partial charge in [-0.2, -0.15) is 0 Å². The molecule has 0 aliphatic rings. The Morgan fingerprint density at radius 1 is 1.45 bits per heavy atom. The molecule has 0 saturated carbocycles. The fraction of sp³-hybridized carbons (Fsp3) is 0.625. The van der Waals surface area contributed by atoms with Crippen molar-refractivity contribution in [2.45, 2.75) is 20.3 Å². The van der Waals surface area contributed by atoms with E-state index in [9.17, 15) is 0 Å². The van der Waals surface area contributed by atoms with Gasteiger partial charge in [-0.05, 0) is 20.9 Å². The van der Waals surface area contributed by atoms with Crippen molar-refractivity contribution >= 4 is 11.3 Å². The largest absolute Gasteiger partial charge is 0.319 e. The van der Waals surface area contributed by atoms with Crippen molar-refractivity contribution in [3.63, 3.8) is 0 Å². The second-order valence-corrected chi connectivity index (χ2v) is 4.00. The standard InChI is InChI=1S/C8H14N2S/c1-6-8(4-5-9-3)10-7(2)11-6/h9H,4-5H2,1-3H3. The van der Waals surface area contributed by atoms with Gasteiger partial charge in [-0.3, -0.25) is 0 Å². The fourth-order valence-corrected chi connectivity index (χ4v) is 1.91. The first-order valence-corrected chi connectivity index (χ1v) is 4.63. The summed E-state index contributed by atoms with van der Waals surface area (Å²) in [5.41, 5.74) is 1.25. The van der Waals surface area contributed by atoms with Gasteiger partial charge >= 0.3 is 0 Å². The molecule has 0 unspecified atom stereocenters. The summed E-state index contributed by atoms with van der Waals surface area (Å²) >= 11 is 1.78. The van der Waals surface area contributed by atoms with Crippen molar-refractivity contribution in [1.29, 1.82) is 0 Å². The first kappa shape index (κ1) is 8.68. The maximum atomic E-state index is 4.43. The van der Waals surface area contributed by atoms with Gasteiger partial charge in [0.15, 0.2) is 0 Å². The molecule has 1 N–H and O–H groups in total. The molecular weight excluding hydrogens is 156 g/mol. The first-order valence-electron chi connectivity index (χ1n) is 3.81. The van der Waals surface area contributed by atoms with E-state index in [1.807, 2.05) is 7.05 Å². The summed E-state index contributed by atoms with van der Waals surface area (Å²) in [5.74, 6) is 0. The number of aryl methyl sites for hydroxylation is 2. The van der Waals surface area contributed by atoms with E-state index in [0.29, 0.717) is 0 Å². The van der Waals surface area contributed by atoms with Crippen LogP contribution in [0, 0.1) is 13.8 Å². The zero-order valence-electron chi connectivity index (χ0n) is 7.27. The Labute approximate surface area is 71.7 Å². The molecule has 62 valence electrons. The average molecular weight is 170 g/mol. The SMILES string of the molecule is CNCCc1nc(C)sc1C. The molecule has 0 spiro atoms. The van der Waals surface area contributed by atoms with E-state index in [4.69, 9.17) is 0 Å². The normalized spacial score (nSPS) is 10.5. The van der Waals surface area contributed by atoms with Crippen LogP contribution in [0.4, 0.5) is 0 Å². The number of rotatable bonds is 3. The van der Waals surface area contributed by atoms with Crippen molar-refractivity contribution in [3.05, 3.63) is 15.6 Å². The van der Waals surface area contributed by atoms with E-state index in [0.717, 1.165) is 13.0 Å². The molecule has 2 nitrogen and oxygen atoms in total. The van der Waals surface area contributed by atoms with E-state index in [1.54, 1.807) is 11.3 Å². The van der Waals surface area contributed by atoms with Crippen molar-refractivity contribution in [2.75, 3.05) is 13.6 Å². The third kappa shape index (κ3) is 2.27. The minimum Gasteiger partial charge on any atom is -0.319 e. The summed E-state index contributed by atoms with van der Waals surface area (Å²) in [4.78, 5) is 5.79. The highest BCUT2D eigenvalue weighted by Crippen LogP contribution is 2.16. The summed E-state index contributed by atoms with van der Waals surface area (Å²) < 4.78 is 0. The molecule has 1 aromatic rings.